The molecule has 1 N–H and O–H groups in total. The first-order chi connectivity index (χ1) is 8.97. The van der Waals surface area contributed by atoms with Crippen molar-refractivity contribution in [1.29, 1.82) is 0 Å². The van der Waals surface area contributed by atoms with E-state index >= 15 is 0 Å². The molecule has 2 aromatic rings. The van der Waals surface area contributed by atoms with E-state index in [0.29, 0.717) is 0 Å². The Kier molecular flexibility index (Phi) is 4.61. The van der Waals surface area contributed by atoms with Crippen molar-refractivity contribution in [2.45, 2.75) is 39.7 Å². The van der Waals surface area contributed by atoms with E-state index < -0.39 is 8.07 Å². The monoisotopic (exact) mass is 289 g/mol. The highest BCUT2D eigenvalue weighted by molar-refractivity contribution is 7.10. The van der Waals surface area contributed by atoms with Crippen LogP contribution in [0.4, 0.5) is 0 Å². The van der Waals surface area contributed by atoms with Crippen LogP contribution in [0.3, 0.4) is 0 Å². The molecule has 0 amide bonds. The summed E-state index contributed by atoms with van der Waals surface area (Å²) in [5, 5.41) is 7.22. The van der Waals surface area contributed by atoms with E-state index in [0.717, 1.165) is 13.1 Å². The fraction of sp³-hybridized carbons (Fsp3) is 0.375. The van der Waals surface area contributed by atoms with Gasteiger partial charge in [-0.2, -0.15) is 0 Å². The fourth-order valence-electron chi connectivity index (χ4n) is 2.03. The first-order valence-electron chi connectivity index (χ1n) is 6.80. The number of hydrogen-bond donors (Lipinski definition) is 1. The number of nitrogens with one attached hydrogen (secondary N) is 1. The third-order valence-corrected chi connectivity index (χ3v) is 6.49. The summed E-state index contributed by atoms with van der Waals surface area (Å²) in [6.45, 7) is 11.3. The summed E-state index contributed by atoms with van der Waals surface area (Å²) in [6.07, 6.45) is 0. The van der Waals surface area contributed by atoms with Gasteiger partial charge in [-0.15, -0.1) is 11.3 Å². The summed E-state index contributed by atoms with van der Waals surface area (Å²) >= 11 is 1.83. The molecule has 0 aliphatic carbocycles. The molecule has 102 valence electrons. The summed E-state index contributed by atoms with van der Waals surface area (Å²) < 4.78 is 0. The minimum Gasteiger partial charge on any atom is -0.308 e. The fourth-order valence-corrected chi connectivity index (χ4v) is 4.07. The largest absolute Gasteiger partial charge is 0.308 e. The Morgan fingerprint density at radius 1 is 1.00 bits per heavy atom. The van der Waals surface area contributed by atoms with E-state index in [4.69, 9.17) is 0 Å². The molecular weight excluding hydrogens is 266 g/mol. The maximum absolute atomic E-state index is 3.52. The summed E-state index contributed by atoms with van der Waals surface area (Å²) in [7, 11) is -1.16. The standard InChI is InChI=1S/C16H23NSSi/c1-13-9-10-18-16(13)12-17-11-14-5-7-15(8-6-14)19(2,3)4/h5-10,17H,11-12H2,1-4H3. The number of thiophene rings is 1. The highest BCUT2D eigenvalue weighted by atomic mass is 32.1. The minimum absolute atomic E-state index is 0.948. The zero-order valence-corrected chi connectivity index (χ0v) is 14.1. The number of hydrogen-bond acceptors (Lipinski definition) is 2. The van der Waals surface area contributed by atoms with Gasteiger partial charge in [0.2, 0.25) is 0 Å². The zero-order valence-electron chi connectivity index (χ0n) is 12.3. The molecule has 1 heterocycles. The maximum Gasteiger partial charge on any atom is 0.0775 e. The Labute approximate surface area is 121 Å². The number of aryl methyl sites for hydroxylation is 1. The van der Waals surface area contributed by atoms with Crippen LogP contribution in [-0.4, -0.2) is 8.07 Å². The van der Waals surface area contributed by atoms with Crippen LogP contribution in [0.5, 0.6) is 0 Å². The zero-order chi connectivity index (χ0) is 13.9. The van der Waals surface area contributed by atoms with Crippen molar-refractivity contribution >= 4 is 24.6 Å². The van der Waals surface area contributed by atoms with Crippen LogP contribution in [0.1, 0.15) is 16.0 Å². The van der Waals surface area contributed by atoms with E-state index in [2.05, 4.69) is 67.6 Å². The summed E-state index contributed by atoms with van der Waals surface area (Å²) in [5.74, 6) is 0. The van der Waals surface area contributed by atoms with Crippen molar-refractivity contribution in [1.82, 2.24) is 5.32 Å². The quantitative estimate of drug-likeness (QED) is 0.823. The van der Waals surface area contributed by atoms with Crippen LogP contribution < -0.4 is 10.5 Å². The molecule has 0 fully saturated rings. The first kappa shape index (κ1) is 14.5. The molecule has 0 bridgehead atoms. The lowest BCUT2D eigenvalue weighted by atomic mass is 10.2. The maximum atomic E-state index is 3.52. The molecule has 0 saturated carbocycles. The molecule has 0 spiro atoms. The van der Waals surface area contributed by atoms with Crippen LogP contribution in [0.2, 0.25) is 19.6 Å². The van der Waals surface area contributed by atoms with Gasteiger partial charge in [-0.25, -0.2) is 0 Å². The molecule has 1 aromatic heterocycles. The molecule has 0 saturated heterocycles. The number of rotatable bonds is 5. The van der Waals surface area contributed by atoms with E-state index in [1.807, 2.05) is 11.3 Å². The average molecular weight is 290 g/mol. The van der Waals surface area contributed by atoms with Gasteiger partial charge >= 0.3 is 0 Å². The lowest BCUT2D eigenvalue weighted by molar-refractivity contribution is 0.699. The van der Waals surface area contributed by atoms with Crippen molar-refractivity contribution < 1.29 is 0 Å². The topological polar surface area (TPSA) is 12.0 Å². The third kappa shape index (κ3) is 4.03. The third-order valence-electron chi connectivity index (χ3n) is 3.40. The van der Waals surface area contributed by atoms with Crippen LogP contribution in [0, 0.1) is 6.92 Å². The second kappa shape index (κ2) is 6.03. The van der Waals surface area contributed by atoms with Crippen molar-refractivity contribution in [3.8, 4) is 0 Å². The molecule has 1 nitrogen and oxygen atoms in total. The summed E-state index contributed by atoms with van der Waals surface area (Å²) in [5.41, 5.74) is 2.77. The summed E-state index contributed by atoms with van der Waals surface area (Å²) in [4.78, 5) is 1.44. The van der Waals surface area contributed by atoms with Crippen LogP contribution in [0.25, 0.3) is 0 Å². The molecule has 0 atom stereocenters. The molecule has 19 heavy (non-hydrogen) atoms. The second-order valence-electron chi connectivity index (χ2n) is 6.08. The smallest absolute Gasteiger partial charge is 0.0775 e. The summed E-state index contributed by atoms with van der Waals surface area (Å²) in [6, 6.07) is 11.3. The molecule has 0 radical (unpaired) electrons. The predicted octanol–water partition coefficient (Wildman–Crippen LogP) is 3.89. The van der Waals surface area contributed by atoms with Gasteiger partial charge in [-0.3, -0.25) is 0 Å². The molecule has 0 aliphatic heterocycles. The van der Waals surface area contributed by atoms with Gasteiger partial charge in [0.05, 0.1) is 8.07 Å². The lowest BCUT2D eigenvalue weighted by Gasteiger charge is -2.16. The van der Waals surface area contributed by atoms with Crippen LogP contribution in [-0.2, 0) is 13.1 Å². The molecule has 2 rings (SSSR count). The average Bonchev–Trinajstić information content (AvgIpc) is 2.75. The first-order valence-corrected chi connectivity index (χ1v) is 11.2. The van der Waals surface area contributed by atoms with Crippen molar-refractivity contribution in [2.24, 2.45) is 0 Å². The van der Waals surface area contributed by atoms with E-state index in [1.54, 1.807) is 0 Å². The Morgan fingerprint density at radius 3 is 2.21 bits per heavy atom. The minimum atomic E-state index is -1.16. The van der Waals surface area contributed by atoms with Crippen molar-refractivity contribution in [2.75, 3.05) is 0 Å². The molecule has 3 heteroatoms. The highest BCUT2D eigenvalue weighted by Gasteiger charge is 2.15. The van der Waals surface area contributed by atoms with E-state index in [-0.39, 0.29) is 0 Å². The van der Waals surface area contributed by atoms with Gasteiger partial charge in [0.15, 0.2) is 0 Å². The van der Waals surface area contributed by atoms with Crippen LogP contribution >= 0.6 is 11.3 Å². The van der Waals surface area contributed by atoms with Gasteiger partial charge in [-0.1, -0.05) is 49.1 Å². The number of benzene rings is 1. The SMILES string of the molecule is Cc1ccsc1CNCc1ccc([Si](C)(C)C)cc1. The van der Waals surface area contributed by atoms with Crippen molar-refractivity contribution in [3.63, 3.8) is 0 Å². The van der Waals surface area contributed by atoms with Crippen molar-refractivity contribution in [3.05, 3.63) is 51.7 Å². The van der Waals surface area contributed by atoms with Gasteiger partial charge in [0, 0.05) is 18.0 Å². The van der Waals surface area contributed by atoms with Gasteiger partial charge in [-0.05, 0) is 29.5 Å². The van der Waals surface area contributed by atoms with E-state index in [9.17, 15) is 0 Å². The Hall–Kier alpha value is -0.903. The highest BCUT2D eigenvalue weighted by Crippen LogP contribution is 2.15. The van der Waals surface area contributed by atoms with Gasteiger partial charge < -0.3 is 5.32 Å². The molecule has 0 unspecified atom stereocenters. The predicted molar refractivity (Wildman–Crippen MR) is 89.0 cm³/mol. The lowest BCUT2D eigenvalue weighted by Crippen LogP contribution is -2.37. The Bertz CT molecular complexity index is 522. The Morgan fingerprint density at radius 2 is 1.68 bits per heavy atom. The second-order valence-corrected chi connectivity index (χ2v) is 12.2. The van der Waals surface area contributed by atoms with E-state index in [1.165, 1.54) is 21.2 Å². The van der Waals surface area contributed by atoms with Crippen LogP contribution in [0.15, 0.2) is 35.7 Å². The Balaban J connectivity index is 1.89. The normalized spacial score (nSPS) is 11.8. The molecule has 0 aliphatic rings. The van der Waals surface area contributed by atoms with Gasteiger partial charge in [0.25, 0.3) is 0 Å². The molecule has 1 aromatic carbocycles. The van der Waals surface area contributed by atoms with Gasteiger partial charge in [0.1, 0.15) is 0 Å². The molecular formula is C16H23NSSi.